The zero-order valence-electron chi connectivity index (χ0n) is 29.2. The van der Waals surface area contributed by atoms with Gasteiger partial charge in [0.05, 0.1) is 11.4 Å². The molecule has 0 amide bonds. The van der Waals surface area contributed by atoms with Crippen molar-refractivity contribution in [3.8, 4) is 5.75 Å². The predicted molar refractivity (Wildman–Crippen MR) is 203 cm³/mol. The van der Waals surface area contributed by atoms with Crippen molar-refractivity contribution in [2.75, 3.05) is 0 Å². The molecule has 0 saturated carbocycles. The van der Waals surface area contributed by atoms with Gasteiger partial charge in [-0.15, -0.1) is 0 Å². The van der Waals surface area contributed by atoms with Crippen LogP contribution in [0.15, 0.2) is 138 Å². The van der Waals surface area contributed by atoms with E-state index in [0.717, 1.165) is 44.6 Å². The second-order valence-electron chi connectivity index (χ2n) is 13.4. The molecule has 244 valence electrons. The van der Waals surface area contributed by atoms with E-state index < -0.39 is 0 Å². The monoisotopic (exact) mass is 641 g/mol. The van der Waals surface area contributed by atoms with E-state index >= 15 is 0 Å². The van der Waals surface area contributed by atoms with Crippen molar-refractivity contribution in [2.24, 2.45) is 4.99 Å². The van der Waals surface area contributed by atoms with Crippen molar-refractivity contribution >= 4 is 17.2 Å². The number of carbonyl (C=O) groups is 1. The number of carbonyl (C=O) groups excluding carboxylic acids is 1. The minimum Gasteiger partial charge on any atom is -0.508 e. The molecule has 0 aliphatic carbocycles. The topological polar surface area (TPSA) is 49.7 Å². The van der Waals surface area contributed by atoms with Gasteiger partial charge in [-0.05, 0) is 99.2 Å². The third-order valence-electron chi connectivity index (χ3n) is 9.32. The number of phenols is 1. The maximum atomic E-state index is 13.9. The summed E-state index contributed by atoms with van der Waals surface area (Å²) in [7, 11) is 0. The van der Waals surface area contributed by atoms with E-state index in [2.05, 4.69) is 144 Å². The van der Waals surface area contributed by atoms with Crippen LogP contribution >= 0.6 is 0 Å². The molecule has 0 aromatic heterocycles. The lowest BCUT2D eigenvalue weighted by Gasteiger charge is -2.27. The first-order valence-corrected chi connectivity index (χ1v) is 16.9. The number of Topliss-reactive ketones (excluding diaryl/α,β-unsaturated/α-hetero) is 1. The van der Waals surface area contributed by atoms with Crippen molar-refractivity contribution in [2.45, 2.75) is 53.4 Å². The number of benzene rings is 6. The van der Waals surface area contributed by atoms with Gasteiger partial charge in [-0.1, -0.05) is 137 Å². The molecule has 0 atom stereocenters. The lowest BCUT2D eigenvalue weighted by atomic mass is 9.78. The fourth-order valence-electron chi connectivity index (χ4n) is 6.58. The Morgan fingerprint density at radius 2 is 0.816 bits per heavy atom. The Hall–Kier alpha value is -5.54. The quantitative estimate of drug-likeness (QED) is 0.0970. The molecule has 0 aliphatic rings. The molecular weight excluding hydrogens is 599 g/mol. The molecule has 0 bridgehead atoms. The van der Waals surface area contributed by atoms with Gasteiger partial charge < -0.3 is 5.11 Å². The van der Waals surface area contributed by atoms with Crippen molar-refractivity contribution in [1.29, 1.82) is 0 Å². The van der Waals surface area contributed by atoms with Crippen LogP contribution in [0, 0.1) is 34.6 Å². The molecule has 0 radical (unpaired) electrons. The number of rotatable bonds is 9. The number of hydrogen-bond acceptors (Lipinski definition) is 3. The second kappa shape index (κ2) is 14.3. The highest BCUT2D eigenvalue weighted by Gasteiger charge is 2.28. The summed E-state index contributed by atoms with van der Waals surface area (Å²) in [5.41, 5.74) is 14.3. The van der Waals surface area contributed by atoms with Crippen molar-refractivity contribution in [1.82, 2.24) is 0 Å². The fourth-order valence-corrected chi connectivity index (χ4v) is 6.58. The van der Waals surface area contributed by atoms with Gasteiger partial charge in [0.15, 0.2) is 0 Å². The summed E-state index contributed by atoms with van der Waals surface area (Å²) in [5, 5.41) is 9.89. The van der Waals surface area contributed by atoms with E-state index in [-0.39, 0.29) is 23.4 Å². The van der Waals surface area contributed by atoms with Gasteiger partial charge in [-0.3, -0.25) is 4.79 Å². The summed E-state index contributed by atoms with van der Waals surface area (Å²) in [6.07, 6.45) is 0. The van der Waals surface area contributed by atoms with Gasteiger partial charge in [0.2, 0.25) is 5.78 Å². The Kier molecular flexibility index (Phi) is 9.73. The van der Waals surface area contributed by atoms with Gasteiger partial charge >= 0.3 is 0 Å². The van der Waals surface area contributed by atoms with Gasteiger partial charge in [0.25, 0.3) is 0 Å². The van der Waals surface area contributed by atoms with Gasteiger partial charge in [0, 0.05) is 17.4 Å². The maximum absolute atomic E-state index is 13.9. The molecule has 0 saturated heterocycles. The normalized spacial score (nSPS) is 11.7. The number of phenolic OH excluding ortho intramolecular Hbond substituents is 1. The lowest BCUT2D eigenvalue weighted by Crippen LogP contribution is -2.13. The van der Waals surface area contributed by atoms with Crippen LogP contribution in [0.2, 0.25) is 0 Å². The minimum atomic E-state index is -0.179. The van der Waals surface area contributed by atoms with Crippen LogP contribution in [-0.4, -0.2) is 16.6 Å². The molecule has 1 N–H and O–H groups in total. The Morgan fingerprint density at radius 1 is 0.490 bits per heavy atom. The molecule has 6 rings (SSSR count). The van der Waals surface area contributed by atoms with Crippen LogP contribution in [0.25, 0.3) is 0 Å². The lowest BCUT2D eigenvalue weighted by molar-refractivity contribution is 0.106. The number of aliphatic imine (C=N–C) groups is 1. The highest BCUT2D eigenvalue weighted by Crippen LogP contribution is 2.45. The van der Waals surface area contributed by atoms with E-state index in [1.165, 1.54) is 22.3 Å². The Bertz CT molecular complexity index is 1900. The maximum Gasteiger partial charge on any atom is 0.206 e. The molecular formula is C46H43NO2. The number of hydrogen-bond donors (Lipinski definition) is 1. The third-order valence-corrected chi connectivity index (χ3v) is 9.32. The van der Waals surface area contributed by atoms with Gasteiger partial charge in [-0.2, -0.15) is 0 Å². The van der Waals surface area contributed by atoms with Crippen LogP contribution in [-0.2, 0) is 0 Å². The molecule has 3 nitrogen and oxygen atoms in total. The minimum absolute atomic E-state index is 0.118. The Balaban J connectivity index is 1.68. The van der Waals surface area contributed by atoms with E-state index in [1.807, 2.05) is 0 Å². The highest BCUT2D eigenvalue weighted by atomic mass is 16.3. The average Bonchev–Trinajstić information content (AvgIpc) is 3.09. The van der Waals surface area contributed by atoms with E-state index in [4.69, 9.17) is 4.99 Å². The molecule has 0 fully saturated rings. The largest absolute Gasteiger partial charge is 0.508 e. The molecule has 0 heterocycles. The first-order valence-electron chi connectivity index (χ1n) is 16.9. The van der Waals surface area contributed by atoms with E-state index in [9.17, 15) is 9.90 Å². The van der Waals surface area contributed by atoms with Crippen LogP contribution in [0.3, 0.4) is 0 Å². The zero-order valence-corrected chi connectivity index (χ0v) is 29.2. The number of aryl methyl sites for hydroxylation is 5. The molecule has 6 aromatic carbocycles. The highest BCUT2D eigenvalue weighted by molar-refractivity contribution is 6.45. The van der Waals surface area contributed by atoms with Crippen LogP contribution in [0.4, 0.5) is 5.69 Å². The SMILES string of the molecule is CC(=Nc1c(C(c2ccc(C)cc2)c2ccc(C)cc2)cc(C)cc1C(c1ccc(C)cc1)c1ccc(C)cc1)C(=O)c1ccc(O)cc1. The van der Waals surface area contributed by atoms with Crippen LogP contribution in [0.1, 0.15) is 90.3 Å². The summed E-state index contributed by atoms with van der Waals surface area (Å²) in [5.74, 6) is -0.326. The smallest absolute Gasteiger partial charge is 0.206 e. The first-order chi connectivity index (χ1) is 23.6. The second-order valence-corrected chi connectivity index (χ2v) is 13.4. The molecule has 0 spiro atoms. The zero-order chi connectivity index (χ0) is 34.7. The fraction of sp³-hybridized carbons (Fsp3) is 0.174. The Morgan fingerprint density at radius 3 is 1.14 bits per heavy atom. The molecule has 3 heteroatoms. The molecule has 6 aromatic rings. The summed E-state index contributed by atoms with van der Waals surface area (Å²) in [6, 6.07) is 45.9. The molecule has 0 unspecified atom stereocenters. The van der Waals surface area contributed by atoms with Crippen LogP contribution < -0.4 is 0 Å². The predicted octanol–water partition coefficient (Wildman–Crippen LogP) is 11.3. The van der Waals surface area contributed by atoms with E-state index in [1.54, 1.807) is 31.2 Å². The summed E-state index contributed by atoms with van der Waals surface area (Å²) < 4.78 is 0. The summed E-state index contributed by atoms with van der Waals surface area (Å²) in [6.45, 7) is 12.4. The standard InChI is InChI=1S/C46H43NO2/c1-29-7-15-35(16-8-29)43(36-17-9-30(2)10-18-36)41-27-33(5)28-42(45(41)47-34(6)46(49)39-23-25-40(48)26-24-39)44(37-19-11-31(3)12-20-37)38-21-13-32(4)14-22-38/h7-28,43-44,48H,1-6H3. The van der Waals surface area contributed by atoms with Crippen LogP contribution in [0.5, 0.6) is 5.75 Å². The molecule has 49 heavy (non-hydrogen) atoms. The summed E-state index contributed by atoms with van der Waals surface area (Å²) in [4.78, 5) is 19.2. The van der Waals surface area contributed by atoms with E-state index in [0.29, 0.717) is 11.3 Å². The number of aromatic hydroxyl groups is 1. The summed E-state index contributed by atoms with van der Waals surface area (Å²) >= 11 is 0. The first kappa shape index (κ1) is 33.4. The van der Waals surface area contributed by atoms with Crippen molar-refractivity contribution < 1.29 is 9.90 Å². The third kappa shape index (κ3) is 7.47. The Labute approximate surface area is 290 Å². The number of nitrogens with zero attached hydrogens (tertiary/aromatic N) is 1. The number of ketones is 1. The average molecular weight is 642 g/mol. The van der Waals surface area contributed by atoms with Crippen molar-refractivity contribution in [3.05, 3.63) is 200 Å². The molecule has 0 aliphatic heterocycles. The van der Waals surface area contributed by atoms with Crippen molar-refractivity contribution in [3.63, 3.8) is 0 Å². The van der Waals surface area contributed by atoms with Gasteiger partial charge in [0.1, 0.15) is 5.75 Å². The van der Waals surface area contributed by atoms with Gasteiger partial charge in [-0.25, -0.2) is 4.99 Å².